The van der Waals surface area contributed by atoms with E-state index >= 15 is 0 Å². The molecule has 74 valence electrons. The van der Waals surface area contributed by atoms with Crippen LogP contribution in [0.2, 0.25) is 0 Å². The first-order chi connectivity index (χ1) is 7.27. The van der Waals surface area contributed by atoms with E-state index in [4.69, 9.17) is 5.73 Å². The molecule has 15 heavy (non-hydrogen) atoms. The molecule has 0 radical (unpaired) electrons. The maximum absolute atomic E-state index is 9.84. The molecule has 0 aromatic heterocycles. The van der Waals surface area contributed by atoms with E-state index in [-0.39, 0.29) is 0 Å². The number of hydrogen-bond acceptors (Lipinski definition) is 2. The number of benzene rings is 2. The summed E-state index contributed by atoms with van der Waals surface area (Å²) in [5.74, 6) is 0. The second-order valence-electron chi connectivity index (χ2n) is 3.82. The molecule has 0 spiro atoms. The molecule has 3 N–H and O–H groups in total. The molecule has 0 aliphatic heterocycles. The summed E-state index contributed by atoms with van der Waals surface area (Å²) in [4.78, 5) is 0. The third-order valence-corrected chi connectivity index (χ3v) is 2.92. The molecule has 0 bridgehead atoms. The van der Waals surface area contributed by atoms with Gasteiger partial charge in [-0.3, -0.25) is 0 Å². The fourth-order valence-corrected chi connectivity index (χ4v) is 2.17. The zero-order valence-corrected chi connectivity index (χ0v) is 8.14. The zero-order valence-electron chi connectivity index (χ0n) is 8.14. The van der Waals surface area contributed by atoms with Crippen molar-refractivity contribution in [3.63, 3.8) is 0 Å². The Morgan fingerprint density at radius 2 is 2.00 bits per heavy atom. The van der Waals surface area contributed by atoms with Gasteiger partial charge in [-0.25, -0.2) is 0 Å². The molecule has 1 aliphatic carbocycles. The quantitative estimate of drug-likeness (QED) is 0.637. The maximum Gasteiger partial charge on any atom is 0.0981 e. The summed E-state index contributed by atoms with van der Waals surface area (Å²) >= 11 is 0. The van der Waals surface area contributed by atoms with Gasteiger partial charge in [0.15, 0.2) is 0 Å². The Bertz CT molecular complexity index is 572. The summed E-state index contributed by atoms with van der Waals surface area (Å²) in [6.07, 6.45) is 3.23. The highest BCUT2D eigenvalue weighted by atomic mass is 16.3. The van der Waals surface area contributed by atoms with Crippen molar-refractivity contribution in [2.45, 2.75) is 6.10 Å². The number of anilines is 1. The van der Waals surface area contributed by atoms with E-state index < -0.39 is 6.10 Å². The van der Waals surface area contributed by atoms with Gasteiger partial charge >= 0.3 is 0 Å². The van der Waals surface area contributed by atoms with Crippen molar-refractivity contribution in [3.05, 3.63) is 47.5 Å². The molecule has 2 aromatic carbocycles. The zero-order chi connectivity index (χ0) is 10.4. The van der Waals surface area contributed by atoms with Gasteiger partial charge in [-0.05, 0) is 22.6 Å². The largest absolute Gasteiger partial charge is 0.398 e. The molecule has 0 amide bonds. The van der Waals surface area contributed by atoms with Gasteiger partial charge < -0.3 is 10.8 Å². The van der Waals surface area contributed by atoms with Gasteiger partial charge in [-0.1, -0.05) is 36.4 Å². The van der Waals surface area contributed by atoms with E-state index in [9.17, 15) is 5.11 Å². The lowest BCUT2D eigenvalue weighted by atomic mass is 9.91. The third kappa shape index (κ3) is 1.09. The molecule has 1 aliphatic rings. The molecule has 0 saturated carbocycles. The topological polar surface area (TPSA) is 46.2 Å². The van der Waals surface area contributed by atoms with Crippen LogP contribution in [0.15, 0.2) is 36.4 Å². The van der Waals surface area contributed by atoms with Crippen molar-refractivity contribution in [1.82, 2.24) is 0 Å². The molecule has 0 saturated heterocycles. The number of hydrogen-bond donors (Lipinski definition) is 2. The van der Waals surface area contributed by atoms with E-state index in [2.05, 4.69) is 0 Å². The number of nitrogen functional groups attached to an aromatic ring is 1. The van der Waals surface area contributed by atoms with Gasteiger partial charge in [0.2, 0.25) is 0 Å². The summed E-state index contributed by atoms with van der Waals surface area (Å²) < 4.78 is 0. The van der Waals surface area contributed by atoms with Crippen LogP contribution in [0.4, 0.5) is 5.69 Å². The number of rotatable bonds is 0. The number of nitrogens with two attached hydrogens (primary N) is 1. The first-order valence-corrected chi connectivity index (χ1v) is 4.95. The molecule has 0 fully saturated rings. The monoisotopic (exact) mass is 197 g/mol. The lowest BCUT2D eigenvalue weighted by Crippen LogP contribution is -2.01. The van der Waals surface area contributed by atoms with Crippen LogP contribution in [0.25, 0.3) is 16.8 Å². The Hall–Kier alpha value is -1.80. The van der Waals surface area contributed by atoms with E-state index in [1.54, 1.807) is 6.08 Å². The van der Waals surface area contributed by atoms with Crippen molar-refractivity contribution in [1.29, 1.82) is 0 Å². The lowest BCUT2D eigenvalue weighted by molar-refractivity contribution is 0.230. The van der Waals surface area contributed by atoms with Crippen molar-refractivity contribution in [2.75, 3.05) is 5.73 Å². The van der Waals surface area contributed by atoms with Crippen LogP contribution in [0.1, 0.15) is 17.2 Å². The van der Waals surface area contributed by atoms with Crippen molar-refractivity contribution in [3.8, 4) is 0 Å². The summed E-state index contributed by atoms with van der Waals surface area (Å²) in [7, 11) is 0. The summed E-state index contributed by atoms with van der Waals surface area (Å²) in [5, 5.41) is 11.9. The van der Waals surface area contributed by atoms with Crippen LogP contribution in [-0.2, 0) is 0 Å². The van der Waals surface area contributed by atoms with Gasteiger partial charge in [0, 0.05) is 11.1 Å². The Morgan fingerprint density at radius 3 is 2.87 bits per heavy atom. The highest BCUT2D eigenvalue weighted by molar-refractivity contribution is 6.01. The standard InChI is InChI=1S/C13H11NO/c14-11-6-4-8-5-7-12(15)10-3-1-2-9(11)13(8)10/h1-7,12,15H,14H2. The molecule has 2 nitrogen and oxygen atoms in total. The highest BCUT2D eigenvalue weighted by Gasteiger charge is 2.15. The first-order valence-electron chi connectivity index (χ1n) is 4.95. The summed E-state index contributed by atoms with van der Waals surface area (Å²) in [6.45, 7) is 0. The van der Waals surface area contributed by atoms with Gasteiger partial charge in [-0.15, -0.1) is 0 Å². The Kier molecular flexibility index (Phi) is 1.61. The van der Waals surface area contributed by atoms with E-state index in [1.807, 2.05) is 36.4 Å². The minimum Gasteiger partial charge on any atom is -0.398 e. The molecular formula is C13H11NO. The molecule has 2 aromatic rings. The van der Waals surface area contributed by atoms with Crippen LogP contribution >= 0.6 is 0 Å². The van der Waals surface area contributed by atoms with Gasteiger partial charge in [0.05, 0.1) is 6.10 Å². The summed E-state index contributed by atoms with van der Waals surface area (Å²) in [5.41, 5.74) is 8.74. The Morgan fingerprint density at radius 1 is 1.13 bits per heavy atom. The van der Waals surface area contributed by atoms with Crippen LogP contribution in [0, 0.1) is 0 Å². The third-order valence-electron chi connectivity index (χ3n) is 2.92. The molecule has 1 atom stereocenters. The molecular weight excluding hydrogens is 186 g/mol. The minimum absolute atomic E-state index is 0.511. The second kappa shape index (κ2) is 2.84. The molecule has 3 rings (SSSR count). The predicted molar refractivity (Wildman–Crippen MR) is 62.4 cm³/mol. The minimum atomic E-state index is -0.511. The maximum atomic E-state index is 9.84. The van der Waals surface area contributed by atoms with E-state index in [1.165, 1.54) is 0 Å². The molecule has 1 unspecified atom stereocenters. The average Bonchev–Trinajstić information content (AvgIpc) is 2.27. The number of aliphatic hydroxyl groups is 1. The van der Waals surface area contributed by atoms with Crippen LogP contribution in [0.5, 0.6) is 0 Å². The lowest BCUT2D eigenvalue weighted by Gasteiger charge is -2.17. The second-order valence-corrected chi connectivity index (χ2v) is 3.82. The SMILES string of the molecule is Nc1ccc2c3c(cccc13)C(O)C=C2. The smallest absolute Gasteiger partial charge is 0.0981 e. The fraction of sp³-hybridized carbons (Fsp3) is 0.0769. The van der Waals surface area contributed by atoms with E-state index in [0.29, 0.717) is 0 Å². The summed E-state index contributed by atoms with van der Waals surface area (Å²) in [6, 6.07) is 9.76. The van der Waals surface area contributed by atoms with E-state index in [0.717, 1.165) is 27.6 Å². The fourth-order valence-electron chi connectivity index (χ4n) is 2.17. The highest BCUT2D eigenvalue weighted by Crippen LogP contribution is 2.35. The van der Waals surface area contributed by atoms with Gasteiger partial charge in [-0.2, -0.15) is 0 Å². The van der Waals surface area contributed by atoms with Gasteiger partial charge in [0.1, 0.15) is 0 Å². The average molecular weight is 197 g/mol. The Labute approximate surface area is 87.6 Å². The molecule has 0 heterocycles. The van der Waals surface area contributed by atoms with Gasteiger partial charge in [0.25, 0.3) is 0 Å². The first kappa shape index (κ1) is 8.50. The molecule has 2 heteroatoms. The van der Waals surface area contributed by atoms with Crippen LogP contribution in [-0.4, -0.2) is 5.11 Å². The predicted octanol–water partition coefficient (Wildman–Crippen LogP) is 2.48. The van der Waals surface area contributed by atoms with Crippen molar-refractivity contribution < 1.29 is 5.11 Å². The van der Waals surface area contributed by atoms with Crippen molar-refractivity contribution in [2.24, 2.45) is 0 Å². The van der Waals surface area contributed by atoms with Crippen LogP contribution in [0.3, 0.4) is 0 Å². The normalized spacial score (nSPS) is 18.3. The van der Waals surface area contributed by atoms with Crippen molar-refractivity contribution >= 4 is 22.5 Å². The van der Waals surface area contributed by atoms with Crippen LogP contribution < -0.4 is 5.73 Å². The Balaban J connectivity index is 2.53. The number of aliphatic hydroxyl groups excluding tert-OH is 1.